The minimum absolute atomic E-state index is 0.0921. The molecule has 23 heavy (non-hydrogen) atoms. The number of nitrogens with zero attached hydrogens (tertiary/aromatic N) is 1. The maximum atomic E-state index is 12.7. The zero-order valence-electron chi connectivity index (χ0n) is 13.2. The molecule has 1 amide bonds. The van der Waals surface area contributed by atoms with E-state index < -0.39 is 0 Å². The van der Waals surface area contributed by atoms with Gasteiger partial charge in [0.1, 0.15) is 5.75 Å². The molecule has 0 bridgehead atoms. The van der Waals surface area contributed by atoms with Gasteiger partial charge in [-0.25, -0.2) is 0 Å². The van der Waals surface area contributed by atoms with Crippen molar-refractivity contribution in [3.05, 3.63) is 64.7 Å². The van der Waals surface area contributed by atoms with Gasteiger partial charge in [-0.05, 0) is 42.2 Å². The number of likely N-dealkylation sites (tertiary alicyclic amines) is 1. The van der Waals surface area contributed by atoms with Gasteiger partial charge in [0.25, 0.3) is 0 Å². The van der Waals surface area contributed by atoms with Crippen LogP contribution >= 0.6 is 11.6 Å². The van der Waals surface area contributed by atoms with Crippen LogP contribution < -0.4 is 4.74 Å². The second-order valence-corrected chi connectivity index (χ2v) is 6.20. The largest absolute Gasteiger partial charge is 0.497 e. The zero-order chi connectivity index (χ0) is 16.2. The van der Waals surface area contributed by atoms with Gasteiger partial charge in [-0.15, -0.1) is 0 Å². The summed E-state index contributed by atoms with van der Waals surface area (Å²) in [5.74, 6) is 0.953. The molecule has 0 aliphatic carbocycles. The fourth-order valence-electron chi connectivity index (χ4n) is 3.15. The third-order valence-corrected chi connectivity index (χ3v) is 4.70. The van der Waals surface area contributed by atoms with Crippen LogP contribution in [0, 0.1) is 0 Å². The lowest BCUT2D eigenvalue weighted by atomic mass is 10.0. The summed E-state index contributed by atoms with van der Waals surface area (Å²) in [6.45, 7) is 0.797. The molecule has 3 rings (SSSR count). The Bertz CT molecular complexity index is 684. The quantitative estimate of drug-likeness (QED) is 0.839. The third kappa shape index (κ3) is 3.50. The SMILES string of the molecule is COc1ccc(CC(=O)N2CCC[C@H]2c2ccccc2Cl)cc1. The normalized spacial score (nSPS) is 17.3. The van der Waals surface area contributed by atoms with E-state index in [1.165, 1.54) is 0 Å². The molecule has 1 heterocycles. The highest BCUT2D eigenvalue weighted by atomic mass is 35.5. The Morgan fingerprint density at radius 1 is 1.22 bits per heavy atom. The number of amides is 1. The number of carbonyl (C=O) groups is 1. The van der Waals surface area contributed by atoms with Crippen LogP contribution in [0.5, 0.6) is 5.75 Å². The van der Waals surface area contributed by atoms with Crippen molar-refractivity contribution in [1.29, 1.82) is 0 Å². The summed E-state index contributed by atoms with van der Waals surface area (Å²) < 4.78 is 5.15. The summed E-state index contributed by atoms with van der Waals surface area (Å²) in [4.78, 5) is 14.7. The van der Waals surface area contributed by atoms with Crippen molar-refractivity contribution in [2.75, 3.05) is 13.7 Å². The molecule has 2 aromatic rings. The second kappa shape index (κ2) is 7.05. The Hall–Kier alpha value is -2.00. The van der Waals surface area contributed by atoms with Crippen LogP contribution in [-0.4, -0.2) is 24.5 Å². The van der Waals surface area contributed by atoms with E-state index in [2.05, 4.69) is 0 Å². The smallest absolute Gasteiger partial charge is 0.227 e. The van der Waals surface area contributed by atoms with Crippen molar-refractivity contribution in [3.63, 3.8) is 0 Å². The zero-order valence-corrected chi connectivity index (χ0v) is 13.9. The molecule has 4 heteroatoms. The van der Waals surface area contributed by atoms with Gasteiger partial charge in [-0.2, -0.15) is 0 Å². The van der Waals surface area contributed by atoms with Crippen LogP contribution in [0.25, 0.3) is 0 Å². The van der Waals surface area contributed by atoms with Crippen molar-refractivity contribution < 1.29 is 9.53 Å². The lowest BCUT2D eigenvalue weighted by Crippen LogP contribution is -2.31. The number of halogens is 1. The van der Waals surface area contributed by atoms with Crippen LogP contribution in [0.4, 0.5) is 0 Å². The summed E-state index contributed by atoms with van der Waals surface area (Å²) in [7, 11) is 1.64. The van der Waals surface area contributed by atoms with Gasteiger partial charge in [0, 0.05) is 11.6 Å². The number of hydrogen-bond donors (Lipinski definition) is 0. The van der Waals surface area contributed by atoms with E-state index in [1.54, 1.807) is 7.11 Å². The molecular weight excluding hydrogens is 310 g/mol. The van der Waals surface area contributed by atoms with E-state index in [-0.39, 0.29) is 11.9 Å². The molecule has 0 aromatic heterocycles. The molecule has 0 radical (unpaired) electrons. The number of methoxy groups -OCH3 is 1. The van der Waals surface area contributed by atoms with Crippen LogP contribution in [0.2, 0.25) is 5.02 Å². The first-order valence-electron chi connectivity index (χ1n) is 7.86. The Kier molecular flexibility index (Phi) is 4.87. The maximum absolute atomic E-state index is 12.7. The van der Waals surface area contributed by atoms with E-state index in [0.29, 0.717) is 6.42 Å². The Morgan fingerprint density at radius 3 is 2.65 bits per heavy atom. The molecule has 1 aliphatic heterocycles. The van der Waals surface area contributed by atoms with Crippen molar-refractivity contribution in [2.45, 2.75) is 25.3 Å². The molecule has 2 aromatic carbocycles. The molecule has 0 saturated carbocycles. The van der Waals surface area contributed by atoms with Crippen LogP contribution in [0.3, 0.4) is 0 Å². The highest BCUT2D eigenvalue weighted by molar-refractivity contribution is 6.31. The highest BCUT2D eigenvalue weighted by Gasteiger charge is 2.30. The molecule has 120 valence electrons. The topological polar surface area (TPSA) is 29.5 Å². The van der Waals surface area contributed by atoms with E-state index >= 15 is 0 Å². The van der Waals surface area contributed by atoms with Crippen molar-refractivity contribution in [3.8, 4) is 5.75 Å². The number of rotatable bonds is 4. The lowest BCUT2D eigenvalue weighted by Gasteiger charge is -2.26. The van der Waals surface area contributed by atoms with Crippen LogP contribution in [0.15, 0.2) is 48.5 Å². The average molecular weight is 330 g/mol. The first-order valence-corrected chi connectivity index (χ1v) is 8.23. The molecule has 0 unspecified atom stereocenters. The standard InChI is InChI=1S/C19H20ClNO2/c1-23-15-10-8-14(9-11-15)13-19(22)21-12-4-7-18(21)16-5-2-3-6-17(16)20/h2-3,5-6,8-11,18H,4,7,12-13H2,1H3/t18-/m0/s1. The van der Waals surface area contributed by atoms with Gasteiger partial charge in [-0.3, -0.25) is 4.79 Å². The molecule has 1 atom stereocenters. The molecule has 1 aliphatic rings. The predicted octanol–water partition coefficient (Wildman–Crippen LogP) is 4.25. The van der Waals surface area contributed by atoms with Gasteiger partial charge in [-0.1, -0.05) is 41.9 Å². The van der Waals surface area contributed by atoms with E-state index in [9.17, 15) is 4.79 Å². The summed E-state index contributed by atoms with van der Waals surface area (Å²) in [6, 6.07) is 15.6. The van der Waals surface area contributed by atoms with Crippen molar-refractivity contribution in [1.82, 2.24) is 4.90 Å². The first kappa shape index (κ1) is 15.9. The first-order chi connectivity index (χ1) is 11.2. The summed E-state index contributed by atoms with van der Waals surface area (Å²) in [5, 5.41) is 0.738. The minimum atomic E-state index is 0.0921. The number of carbonyl (C=O) groups excluding carboxylic acids is 1. The minimum Gasteiger partial charge on any atom is -0.497 e. The second-order valence-electron chi connectivity index (χ2n) is 5.79. The van der Waals surface area contributed by atoms with Crippen LogP contribution in [-0.2, 0) is 11.2 Å². The van der Waals surface area contributed by atoms with Crippen molar-refractivity contribution in [2.24, 2.45) is 0 Å². The molecule has 3 nitrogen and oxygen atoms in total. The molecule has 1 saturated heterocycles. The maximum Gasteiger partial charge on any atom is 0.227 e. The number of benzene rings is 2. The third-order valence-electron chi connectivity index (χ3n) is 4.35. The monoisotopic (exact) mass is 329 g/mol. The van der Waals surface area contributed by atoms with E-state index in [4.69, 9.17) is 16.3 Å². The number of ether oxygens (including phenoxy) is 1. The molecule has 0 N–H and O–H groups in total. The Labute approximate surface area is 141 Å². The fourth-order valence-corrected chi connectivity index (χ4v) is 3.42. The van der Waals surface area contributed by atoms with Gasteiger partial charge in [0.05, 0.1) is 19.6 Å². The summed E-state index contributed by atoms with van der Waals surface area (Å²) >= 11 is 6.32. The molecular formula is C19H20ClNO2. The molecule has 1 fully saturated rings. The summed E-state index contributed by atoms with van der Waals surface area (Å²) in [6.07, 6.45) is 2.40. The summed E-state index contributed by atoms with van der Waals surface area (Å²) in [5.41, 5.74) is 2.05. The van der Waals surface area contributed by atoms with Gasteiger partial charge >= 0.3 is 0 Å². The highest BCUT2D eigenvalue weighted by Crippen LogP contribution is 2.36. The number of hydrogen-bond acceptors (Lipinski definition) is 2. The van der Waals surface area contributed by atoms with Gasteiger partial charge < -0.3 is 9.64 Å². The fraction of sp³-hybridized carbons (Fsp3) is 0.316. The van der Waals surface area contributed by atoms with E-state index in [0.717, 1.165) is 41.3 Å². The molecule has 0 spiro atoms. The van der Waals surface area contributed by atoms with E-state index in [1.807, 2.05) is 53.4 Å². The average Bonchev–Trinajstić information content (AvgIpc) is 3.05. The Balaban J connectivity index is 1.74. The lowest BCUT2D eigenvalue weighted by molar-refractivity contribution is -0.131. The van der Waals surface area contributed by atoms with Crippen molar-refractivity contribution >= 4 is 17.5 Å². The predicted molar refractivity (Wildman–Crippen MR) is 91.8 cm³/mol. The van der Waals surface area contributed by atoms with Gasteiger partial charge in [0.2, 0.25) is 5.91 Å². The van der Waals surface area contributed by atoms with Crippen LogP contribution in [0.1, 0.15) is 30.0 Å². The Morgan fingerprint density at radius 2 is 1.96 bits per heavy atom. The van der Waals surface area contributed by atoms with Gasteiger partial charge in [0.15, 0.2) is 0 Å².